The van der Waals surface area contributed by atoms with Crippen molar-refractivity contribution >= 4 is 34.4 Å². The molecule has 33 heavy (non-hydrogen) atoms. The van der Waals surface area contributed by atoms with Gasteiger partial charge in [0, 0.05) is 60.9 Å². The molecule has 3 heterocycles. The Labute approximate surface area is 193 Å². The fourth-order valence-electron chi connectivity index (χ4n) is 3.64. The zero-order valence-corrected chi connectivity index (χ0v) is 18.7. The largest absolute Gasteiger partial charge is 0.383 e. The maximum absolute atomic E-state index is 9.68. The maximum atomic E-state index is 9.68. The van der Waals surface area contributed by atoms with Crippen LogP contribution in [0.15, 0.2) is 55.0 Å². The van der Waals surface area contributed by atoms with E-state index in [-0.39, 0.29) is 0 Å². The van der Waals surface area contributed by atoms with E-state index in [0.29, 0.717) is 18.7 Å². The van der Waals surface area contributed by atoms with Crippen molar-refractivity contribution in [2.45, 2.75) is 13.5 Å². The summed E-state index contributed by atoms with van der Waals surface area (Å²) in [5, 5.41) is 17.6. The fourth-order valence-corrected chi connectivity index (χ4v) is 3.64. The minimum Gasteiger partial charge on any atom is -0.383 e. The molecule has 166 valence electrons. The first kappa shape index (κ1) is 22.2. The first-order valence-corrected chi connectivity index (χ1v) is 10.7. The van der Waals surface area contributed by atoms with Crippen molar-refractivity contribution in [1.82, 2.24) is 20.3 Å². The van der Waals surface area contributed by atoms with Crippen molar-refractivity contribution in [3.8, 4) is 6.07 Å². The summed E-state index contributed by atoms with van der Waals surface area (Å²) in [7, 11) is 1.69. The Morgan fingerprint density at radius 2 is 2.06 bits per heavy atom. The lowest BCUT2D eigenvalue weighted by Gasteiger charge is -2.14. The van der Waals surface area contributed by atoms with Gasteiger partial charge in [0.1, 0.15) is 6.07 Å². The monoisotopic (exact) mass is 438 g/mol. The van der Waals surface area contributed by atoms with Gasteiger partial charge in [0.05, 0.1) is 29.2 Å². The van der Waals surface area contributed by atoms with Gasteiger partial charge in [-0.3, -0.25) is 9.97 Å². The minimum absolute atomic E-state index is 0.481. The lowest BCUT2D eigenvalue weighted by Crippen LogP contribution is -2.19. The van der Waals surface area contributed by atoms with Crippen LogP contribution in [0.4, 0.5) is 11.4 Å². The number of hydrogen-bond acceptors (Lipinski definition) is 6. The Hall–Kier alpha value is -3.99. The van der Waals surface area contributed by atoms with Gasteiger partial charge in [0.15, 0.2) is 0 Å². The number of rotatable bonds is 9. The van der Waals surface area contributed by atoms with E-state index >= 15 is 0 Å². The predicted octanol–water partition coefficient (Wildman–Crippen LogP) is 4.79. The van der Waals surface area contributed by atoms with Crippen LogP contribution in [0.3, 0.4) is 0 Å². The van der Waals surface area contributed by atoms with Gasteiger partial charge in [-0.1, -0.05) is 6.07 Å². The molecular weight excluding hydrogens is 412 g/mol. The highest BCUT2D eigenvalue weighted by molar-refractivity contribution is 5.90. The van der Waals surface area contributed by atoms with Crippen LogP contribution in [0.25, 0.3) is 23.1 Å². The second-order valence-corrected chi connectivity index (χ2v) is 7.62. The van der Waals surface area contributed by atoms with Gasteiger partial charge >= 0.3 is 0 Å². The summed E-state index contributed by atoms with van der Waals surface area (Å²) < 4.78 is 5.06. The van der Waals surface area contributed by atoms with Crippen molar-refractivity contribution < 1.29 is 4.74 Å². The summed E-state index contributed by atoms with van der Waals surface area (Å²) >= 11 is 0. The van der Waals surface area contributed by atoms with E-state index in [1.54, 1.807) is 19.5 Å². The van der Waals surface area contributed by atoms with Crippen molar-refractivity contribution in [2.75, 3.05) is 25.6 Å². The number of aromatic amines is 1. The molecule has 0 fully saturated rings. The predicted molar refractivity (Wildman–Crippen MR) is 132 cm³/mol. The van der Waals surface area contributed by atoms with E-state index in [1.165, 1.54) is 0 Å². The summed E-state index contributed by atoms with van der Waals surface area (Å²) in [4.78, 5) is 12.2. The van der Waals surface area contributed by atoms with Crippen LogP contribution in [-0.4, -0.2) is 35.2 Å². The fraction of sp³-hybridized carbons (Fsp3) is 0.192. The van der Waals surface area contributed by atoms with E-state index in [9.17, 15) is 5.26 Å². The highest BCUT2D eigenvalue weighted by Gasteiger charge is 2.11. The average molecular weight is 439 g/mol. The van der Waals surface area contributed by atoms with Crippen LogP contribution < -0.4 is 10.6 Å². The van der Waals surface area contributed by atoms with Gasteiger partial charge in [-0.25, -0.2) is 0 Å². The third-order valence-electron chi connectivity index (χ3n) is 5.41. The van der Waals surface area contributed by atoms with Crippen LogP contribution in [0.5, 0.6) is 0 Å². The summed E-state index contributed by atoms with van der Waals surface area (Å²) in [6.07, 6.45) is 9.13. The maximum Gasteiger partial charge on any atom is 0.103 e. The lowest BCUT2D eigenvalue weighted by molar-refractivity contribution is 0.199. The van der Waals surface area contributed by atoms with E-state index in [2.05, 4.69) is 44.6 Å². The number of aromatic nitrogens is 3. The number of ether oxygens (including phenoxy) is 1. The standard InChI is InChI=1S/C26H26N6O/c1-18-23-10-11-30-25(23)9-8-24(18)32-26-19(15-29-16-20(26)14-27)6-7-21-4-3-5-22(31-21)17-28-12-13-33-2/h3-11,15-16,28,30H,12-13,17H2,1-2H3,(H,29,32)/b7-6+. The lowest BCUT2D eigenvalue weighted by atomic mass is 10.1. The van der Waals surface area contributed by atoms with Crippen LogP contribution in [0, 0.1) is 18.3 Å². The quantitative estimate of drug-likeness (QED) is 0.325. The van der Waals surface area contributed by atoms with E-state index in [4.69, 9.17) is 4.74 Å². The smallest absolute Gasteiger partial charge is 0.103 e. The molecule has 4 aromatic rings. The average Bonchev–Trinajstić information content (AvgIpc) is 3.33. The molecule has 0 atom stereocenters. The van der Waals surface area contributed by atoms with Gasteiger partial charge in [-0.15, -0.1) is 0 Å². The molecule has 0 spiro atoms. The van der Waals surface area contributed by atoms with Crippen molar-refractivity contribution in [1.29, 1.82) is 5.26 Å². The number of hydrogen-bond donors (Lipinski definition) is 3. The molecule has 0 aliphatic rings. The summed E-state index contributed by atoms with van der Waals surface area (Å²) in [5.74, 6) is 0. The summed E-state index contributed by atoms with van der Waals surface area (Å²) in [5.41, 5.74) is 6.93. The second-order valence-electron chi connectivity index (χ2n) is 7.62. The van der Waals surface area contributed by atoms with Crippen LogP contribution in [0.1, 0.15) is 28.1 Å². The zero-order chi connectivity index (χ0) is 23.0. The Morgan fingerprint density at radius 1 is 1.15 bits per heavy atom. The Kier molecular flexibility index (Phi) is 7.10. The molecule has 0 amide bonds. The van der Waals surface area contributed by atoms with Crippen LogP contribution >= 0.6 is 0 Å². The van der Waals surface area contributed by atoms with Gasteiger partial charge in [0.25, 0.3) is 0 Å². The first-order valence-electron chi connectivity index (χ1n) is 10.7. The molecule has 0 bridgehead atoms. The van der Waals surface area contributed by atoms with Gasteiger partial charge < -0.3 is 20.4 Å². The van der Waals surface area contributed by atoms with Crippen molar-refractivity contribution in [3.63, 3.8) is 0 Å². The van der Waals surface area contributed by atoms with Gasteiger partial charge in [0.2, 0.25) is 0 Å². The number of aryl methyl sites for hydroxylation is 1. The third-order valence-corrected chi connectivity index (χ3v) is 5.41. The summed E-state index contributed by atoms with van der Waals surface area (Å²) in [6, 6.07) is 14.3. The number of nitriles is 1. The normalized spacial score (nSPS) is 11.2. The second kappa shape index (κ2) is 10.6. The summed E-state index contributed by atoms with van der Waals surface area (Å²) in [6.45, 7) is 4.17. The molecule has 4 rings (SSSR count). The molecule has 0 unspecified atom stereocenters. The minimum atomic E-state index is 0.481. The van der Waals surface area contributed by atoms with E-state index in [1.807, 2.05) is 48.7 Å². The highest BCUT2D eigenvalue weighted by atomic mass is 16.5. The van der Waals surface area contributed by atoms with E-state index in [0.717, 1.165) is 51.3 Å². The van der Waals surface area contributed by atoms with Crippen LogP contribution in [0.2, 0.25) is 0 Å². The number of anilines is 2. The van der Waals surface area contributed by atoms with Gasteiger partial charge in [-0.05, 0) is 55.0 Å². The molecule has 0 aliphatic carbocycles. The molecule has 3 N–H and O–H groups in total. The van der Waals surface area contributed by atoms with E-state index < -0.39 is 0 Å². The SMILES string of the molecule is COCCNCc1cccc(/C=C/c2cncc(C#N)c2Nc2ccc3[nH]ccc3c2C)n1. The van der Waals surface area contributed by atoms with Gasteiger partial charge in [-0.2, -0.15) is 5.26 Å². The number of H-pyrrole nitrogens is 1. The Morgan fingerprint density at radius 3 is 2.91 bits per heavy atom. The van der Waals surface area contributed by atoms with Crippen molar-refractivity contribution in [2.24, 2.45) is 0 Å². The number of fused-ring (bicyclic) bond motifs is 1. The first-order chi connectivity index (χ1) is 16.2. The van der Waals surface area contributed by atoms with Crippen molar-refractivity contribution in [3.05, 3.63) is 83.1 Å². The number of pyridine rings is 2. The molecule has 7 nitrogen and oxygen atoms in total. The number of methoxy groups -OCH3 is 1. The number of nitrogens with one attached hydrogen (secondary N) is 3. The van der Waals surface area contributed by atoms with Crippen LogP contribution in [-0.2, 0) is 11.3 Å². The molecular formula is C26H26N6O. The molecule has 0 aliphatic heterocycles. The Balaban J connectivity index is 1.59. The zero-order valence-electron chi connectivity index (χ0n) is 18.7. The third kappa shape index (κ3) is 5.26. The molecule has 0 saturated carbocycles. The molecule has 0 saturated heterocycles. The topological polar surface area (TPSA) is 98.6 Å². The highest BCUT2D eigenvalue weighted by Crippen LogP contribution is 2.31. The molecule has 0 radical (unpaired) electrons. The molecule has 3 aromatic heterocycles. The number of nitrogens with zero attached hydrogens (tertiary/aromatic N) is 3. The molecule has 7 heteroatoms. The Bertz CT molecular complexity index is 1320. The molecule has 1 aromatic carbocycles. The number of benzene rings is 1.